The highest BCUT2D eigenvalue weighted by Crippen LogP contribution is 2.57. The Labute approximate surface area is 153 Å². The monoisotopic (exact) mass is 343 g/mol. The number of benzene rings is 2. The van der Waals surface area contributed by atoms with Crippen molar-refractivity contribution in [3.63, 3.8) is 0 Å². The molecule has 5 atom stereocenters. The average molecular weight is 343 g/mol. The summed E-state index contributed by atoms with van der Waals surface area (Å²) in [7, 11) is 0. The molecule has 2 heterocycles. The SMILES string of the molecule is Cc1ccc([C@]23OC[C@H]4[C@@H]([C@@H]5C=C[C@H]4C5)N2C(=O)c2ccccc23)cc1. The van der Waals surface area contributed by atoms with Crippen LogP contribution in [-0.4, -0.2) is 23.5 Å². The minimum Gasteiger partial charge on any atom is -0.347 e. The van der Waals surface area contributed by atoms with Crippen LogP contribution in [0, 0.1) is 24.7 Å². The van der Waals surface area contributed by atoms with E-state index in [1.165, 1.54) is 5.56 Å². The Morgan fingerprint density at radius 1 is 1.04 bits per heavy atom. The molecule has 3 nitrogen and oxygen atoms in total. The van der Waals surface area contributed by atoms with Crippen LogP contribution < -0.4 is 0 Å². The lowest BCUT2D eigenvalue weighted by Gasteiger charge is -2.51. The highest BCUT2D eigenvalue weighted by Gasteiger charge is 2.63. The predicted octanol–water partition coefficient (Wildman–Crippen LogP) is 3.87. The van der Waals surface area contributed by atoms with E-state index in [4.69, 9.17) is 4.74 Å². The van der Waals surface area contributed by atoms with E-state index in [1.807, 2.05) is 18.2 Å². The first-order valence-electron chi connectivity index (χ1n) is 9.53. The molecule has 2 aromatic rings. The summed E-state index contributed by atoms with van der Waals surface area (Å²) in [6, 6.07) is 16.7. The smallest absolute Gasteiger partial charge is 0.257 e. The number of ether oxygens (including phenoxy) is 1. The van der Waals surface area contributed by atoms with Gasteiger partial charge in [-0.2, -0.15) is 0 Å². The second-order valence-electron chi connectivity index (χ2n) is 8.14. The quantitative estimate of drug-likeness (QED) is 0.736. The molecule has 2 aromatic carbocycles. The fourth-order valence-corrected chi connectivity index (χ4v) is 5.74. The first kappa shape index (κ1) is 14.7. The maximum absolute atomic E-state index is 13.5. The van der Waals surface area contributed by atoms with E-state index < -0.39 is 5.72 Å². The molecule has 3 heteroatoms. The molecule has 1 amide bonds. The number of fused-ring (bicyclic) bond motifs is 9. The summed E-state index contributed by atoms with van der Waals surface area (Å²) >= 11 is 0. The van der Waals surface area contributed by atoms with E-state index in [-0.39, 0.29) is 11.9 Å². The molecule has 0 N–H and O–H groups in total. The van der Waals surface area contributed by atoms with E-state index in [2.05, 4.69) is 54.3 Å². The summed E-state index contributed by atoms with van der Waals surface area (Å²) in [6.45, 7) is 2.80. The number of carbonyl (C=O) groups is 1. The molecule has 26 heavy (non-hydrogen) atoms. The van der Waals surface area contributed by atoms with Gasteiger partial charge in [-0.25, -0.2) is 0 Å². The average Bonchev–Trinajstić information content (AvgIpc) is 3.35. The molecule has 4 aliphatic rings. The molecule has 0 radical (unpaired) electrons. The van der Waals surface area contributed by atoms with Crippen LogP contribution in [0.2, 0.25) is 0 Å². The largest absolute Gasteiger partial charge is 0.347 e. The van der Waals surface area contributed by atoms with Gasteiger partial charge in [-0.1, -0.05) is 60.2 Å². The van der Waals surface area contributed by atoms with Crippen LogP contribution >= 0.6 is 0 Å². The maximum atomic E-state index is 13.5. The van der Waals surface area contributed by atoms with E-state index in [9.17, 15) is 4.79 Å². The maximum Gasteiger partial charge on any atom is 0.257 e. The number of hydrogen-bond acceptors (Lipinski definition) is 2. The number of nitrogens with zero attached hydrogens (tertiary/aromatic N) is 1. The number of hydrogen-bond donors (Lipinski definition) is 0. The summed E-state index contributed by atoms with van der Waals surface area (Å²) in [6.07, 6.45) is 5.82. The lowest BCUT2D eigenvalue weighted by Crippen LogP contribution is -2.60. The summed E-state index contributed by atoms with van der Waals surface area (Å²) in [5.74, 6) is 1.55. The number of carbonyl (C=O) groups excluding carboxylic acids is 1. The minimum absolute atomic E-state index is 0.122. The number of allylic oxidation sites excluding steroid dienone is 1. The van der Waals surface area contributed by atoms with Crippen molar-refractivity contribution in [1.82, 2.24) is 4.90 Å². The van der Waals surface area contributed by atoms with Crippen molar-refractivity contribution in [2.45, 2.75) is 25.1 Å². The van der Waals surface area contributed by atoms with Gasteiger partial charge in [0.05, 0.1) is 6.61 Å². The fraction of sp³-hybridized carbons (Fsp3) is 0.348. The van der Waals surface area contributed by atoms with Crippen molar-refractivity contribution in [2.75, 3.05) is 6.61 Å². The van der Waals surface area contributed by atoms with Crippen molar-refractivity contribution in [1.29, 1.82) is 0 Å². The van der Waals surface area contributed by atoms with E-state index in [0.29, 0.717) is 24.4 Å². The molecule has 130 valence electrons. The lowest BCUT2D eigenvalue weighted by atomic mass is 9.83. The topological polar surface area (TPSA) is 29.5 Å². The lowest BCUT2D eigenvalue weighted by molar-refractivity contribution is -0.184. The van der Waals surface area contributed by atoms with Gasteiger partial charge in [-0.15, -0.1) is 0 Å². The van der Waals surface area contributed by atoms with E-state index in [0.717, 1.165) is 23.1 Å². The third kappa shape index (κ3) is 1.61. The molecule has 6 rings (SSSR count). The minimum atomic E-state index is -0.777. The normalized spacial score (nSPS) is 36.2. The van der Waals surface area contributed by atoms with Crippen LogP contribution in [0.25, 0.3) is 0 Å². The van der Waals surface area contributed by atoms with Crippen molar-refractivity contribution in [3.05, 3.63) is 82.9 Å². The second-order valence-corrected chi connectivity index (χ2v) is 8.14. The molecule has 1 saturated carbocycles. The molecule has 0 spiro atoms. The van der Waals surface area contributed by atoms with Crippen molar-refractivity contribution in [2.24, 2.45) is 17.8 Å². The zero-order valence-electron chi connectivity index (χ0n) is 14.8. The van der Waals surface area contributed by atoms with Crippen LogP contribution in [0.4, 0.5) is 0 Å². The third-order valence-electron chi connectivity index (χ3n) is 6.88. The highest BCUT2D eigenvalue weighted by molar-refractivity contribution is 6.01. The predicted molar refractivity (Wildman–Crippen MR) is 98.5 cm³/mol. The van der Waals surface area contributed by atoms with Crippen LogP contribution in [-0.2, 0) is 10.5 Å². The zero-order chi connectivity index (χ0) is 17.5. The van der Waals surface area contributed by atoms with Gasteiger partial charge in [0.1, 0.15) is 0 Å². The van der Waals surface area contributed by atoms with Gasteiger partial charge in [-0.3, -0.25) is 9.69 Å². The molecule has 0 unspecified atom stereocenters. The fourth-order valence-electron chi connectivity index (χ4n) is 5.74. The molecule has 2 fully saturated rings. The standard InChI is InChI=1S/C23H21NO2/c1-14-6-10-17(11-7-14)23-20-5-3-2-4-18(20)22(25)24(23)21-16-9-8-15(12-16)19(21)13-26-23/h2-11,15-16,19,21H,12-13H2,1H3/t15-,16+,19+,21+,23+/m0/s1. The molecule has 2 bridgehead atoms. The Morgan fingerprint density at radius 2 is 1.81 bits per heavy atom. The summed E-state index contributed by atoms with van der Waals surface area (Å²) in [5.41, 5.74) is 3.29. The summed E-state index contributed by atoms with van der Waals surface area (Å²) in [5, 5.41) is 0. The Morgan fingerprint density at radius 3 is 2.65 bits per heavy atom. The van der Waals surface area contributed by atoms with Gasteiger partial charge >= 0.3 is 0 Å². The number of rotatable bonds is 1. The second kappa shape index (κ2) is 4.86. The van der Waals surface area contributed by atoms with Crippen molar-refractivity contribution in [3.8, 4) is 0 Å². The van der Waals surface area contributed by atoms with Gasteiger partial charge in [0.25, 0.3) is 5.91 Å². The summed E-state index contributed by atoms with van der Waals surface area (Å²) < 4.78 is 6.65. The van der Waals surface area contributed by atoms with Crippen LogP contribution in [0.5, 0.6) is 0 Å². The van der Waals surface area contributed by atoms with Gasteiger partial charge in [0, 0.05) is 28.7 Å². The first-order valence-corrected chi connectivity index (χ1v) is 9.53. The number of amides is 1. The van der Waals surface area contributed by atoms with Gasteiger partial charge in [-0.05, 0) is 31.2 Å². The third-order valence-corrected chi connectivity index (χ3v) is 6.88. The zero-order valence-corrected chi connectivity index (χ0v) is 14.8. The van der Waals surface area contributed by atoms with Crippen LogP contribution in [0.3, 0.4) is 0 Å². The molecular weight excluding hydrogens is 322 g/mol. The Kier molecular flexibility index (Phi) is 2.76. The van der Waals surface area contributed by atoms with Crippen molar-refractivity contribution < 1.29 is 9.53 Å². The highest BCUT2D eigenvalue weighted by atomic mass is 16.5. The first-order chi connectivity index (χ1) is 12.7. The molecular formula is C23H21NO2. The molecule has 2 aliphatic heterocycles. The summed E-state index contributed by atoms with van der Waals surface area (Å²) in [4.78, 5) is 15.6. The van der Waals surface area contributed by atoms with Gasteiger partial charge < -0.3 is 4.74 Å². The van der Waals surface area contributed by atoms with E-state index in [1.54, 1.807) is 0 Å². The molecule has 0 aromatic heterocycles. The Hall–Kier alpha value is -2.39. The molecule has 2 aliphatic carbocycles. The van der Waals surface area contributed by atoms with Gasteiger partial charge in [0.2, 0.25) is 0 Å². The number of aryl methyl sites for hydroxylation is 1. The molecule has 1 saturated heterocycles. The van der Waals surface area contributed by atoms with Crippen LogP contribution in [0.1, 0.15) is 33.5 Å². The van der Waals surface area contributed by atoms with E-state index >= 15 is 0 Å². The Balaban J connectivity index is 1.61. The van der Waals surface area contributed by atoms with Gasteiger partial charge in [0.15, 0.2) is 5.72 Å². The van der Waals surface area contributed by atoms with Crippen LogP contribution in [0.15, 0.2) is 60.7 Å². The Bertz CT molecular complexity index is 947. The van der Waals surface area contributed by atoms with Crippen molar-refractivity contribution >= 4 is 5.91 Å².